The fraction of sp³-hybridized carbons (Fsp3) is 0.500. The summed E-state index contributed by atoms with van der Waals surface area (Å²) in [6.07, 6.45) is 2.60. The Bertz CT molecular complexity index is 580. The highest BCUT2D eigenvalue weighted by atomic mass is 79.9. The van der Waals surface area contributed by atoms with Gasteiger partial charge in [-0.1, -0.05) is 35.3 Å². The molecule has 2 fully saturated rings. The van der Waals surface area contributed by atoms with E-state index in [2.05, 4.69) is 22.9 Å². The van der Waals surface area contributed by atoms with E-state index >= 15 is 0 Å². The Hall–Kier alpha value is -1.23. The molecule has 0 aromatic heterocycles. The maximum Gasteiger partial charge on any atom is 0.233 e. The number of likely N-dealkylation sites (tertiary alicyclic amines) is 1. The van der Waals surface area contributed by atoms with Gasteiger partial charge in [0.1, 0.15) is 5.82 Å². The van der Waals surface area contributed by atoms with E-state index in [4.69, 9.17) is 0 Å². The predicted octanol–water partition coefficient (Wildman–Crippen LogP) is 3.51. The number of hydrogen-bond donors (Lipinski definition) is 0. The summed E-state index contributed by atoms with van der Waals surface area (Å²) in [5.41, 5.74) is 0.381. The molecule has 1 aliphatic carbocycles. The number of carbonyl (C=O) groups excluding carboxylic acids is 2. The van der Waals surface area contributed by atoms with Gasteiger partial charge >= 0.3 is 0 Å². The molecule has 0 N–H and O–H groups in total. The highest BCUT2D eigenvalue weighted by Crippen LogP contribution is 2.44. The molecule has 2 aliphatic rings. The van der Waals surface area contributed by atoms with Crippen molar-refractivity contribution in [2.45, 2.75) is 32.7 Å². The predicted molar refractivity (Wildman–Crippen MR) is 79.7 cm³/mol. The zero-order valence-corrected chi connectivity index (χ0v) is 13.4. The number of rotatable bonds is 3. The van der Waals surface area contributed by atoms with Gasteiger partial charge in [0, 0.05) is 10.0 Å². The molecule has 1 saturated heterocycles. The molecule has 3 rings (SSSR count). The van der Waals surface area contributed by atoms with E-state index in [0.29, 0.717) is 16.0 Å². The molecular weight excluding hydrogens is 337 g/mol. The van der Waals surface area contributed by atoms with Crippen molar-refractivity contribution in [2.24, 2.45) is 17.8 Å². The standard InChI is InChI=1S/C16H17BrFNO2/c1-2-9-5-12-13(6-9)16(21)19(15(12)20)8-10-3-4-11(17)7-14(10)18/h3-4,7,9,12-13H,2,5-6,8H2,1H3. The van der Waals surface area contributed by atoms with Crippen LogP contribution in [-0.2, 0) is 16.1 Å². The van der Waals surface area contributed by atoms with Crippen LogP contribution < -0.4 is 0 Å². The Balaban J connectivity index is 1.79. The summed E-state index contributed by atoms with van der Waals surface area (Å²) in [6.45, 7) is 2.14. The fourth-order valence-corrected chi connectivity index (χ4v) is 3.84. The number of halogens is 2. The molecule has 0 radical (unpaired) electrons. The number of carbonyl (C=O) groups is 2. The van der Waals surface area contributed by atoms with Crippen LogP contribution in [0.3, 0.4) is 0 Å². The minimum Gasteiger partial charge on any atom is -0.278 e. The van der Waals surface area contributed by atoms with Gasteiger partial charge in [-0.25, -0.2) is 4.39 Å². The molecule has 2 unspecified atom stereocenters. The van der Waals surface area contributed by atoms with Gasteiger partial charge in [0.2, 0.25) is 11.8 Å². The van der Waals surface area contributed by atoms with E-state index in [9.17, 15) is 14.0 Å². The number of nitrogens with zero attached hydrogens (tertiary/aromatic N) is 1. The molecule has 1 heterocycles. The normalized spacial score (nSPS) is 28.3. The van der Waals surface area contributed by atoms with Crippen molar-refractivity contribution >= 4 is 27.7 Å². The van der Waals surface area contributed by atoms with Gasteiger partial charge in [-0.15, -0.1) is 0 Å². The Morgan fingerprint density at radius 3 is 2.38 bits per heavy atom. The SMILES string of the molecule is CCC1CC2C(=O)N(Cc3ccc(Br)cc3F)C(=O)C2C1. The highest BCUT2D eigenvalue weighted by Gasteiger charge is 2.52. The van der Waals surface area contributed by atoms with Gasteiger partial charge in [-0.05, 0) is 30.9 Å². The summed E-state index contributed by atoms with van der Waals surface area (Å²) in [5, 5.41) is 0. The average Bonchev–Trinajstić information content (AvgIpc) is 2.97. The van der Waals surface area contributed by atoms with Crippen LogP contribution in [0.4, 0.5) is 4.39 Å². The second-order valence-electron chi connectivity index (χ2n) is 5.96. The summed E-state index contributed by atoms with van der Waals surface area (Å²) in [5.74, 6) is -0.526. The molecule has 1 aromatic carbocycles. The molecule has 112 valence electrons. The molecule has 3 nitrogen and oxygen atoms in total. The monoisotopic (exact) mass is 353 g/mol. The Labute approximate surface area is 131 Å². The molecule has 5 heteroatoms. The van der Waals surface area contributed by atoms with Gasteiger partial charge in [0.05, 0.1) is 18.4 Å². The average molecular weight is 354 g/mol. The van der Waals surface area contributed by atoms with Gasteiger partial charge in [-0.3, -0.25) is 14.5 Å². The summed E-state index contributed by atoms with van der Waals surface area (Å²) in [7, 11) is 0. The number of amides is 2. The first-order valence-corrected chi connectivity index (χ1v) is 8.09. The van der Waals surface area contributed by atoms with E-state index < -0.39 is 5.82 Å². The van der Waals surface area contributed by atoms with Crippen molar-refractivity contribution in [1.82, 2.24) is 4.90 Å². The number of benzene rings is 1. The summed E-state index contributed by atoms with van der Waals surface area (Å²) < 4.78 is 14.5. The number of hydrogen-bond acceptors (Lipinski definition) is 2. The lowest BCUT2D eigenvalue weighted by Crippen LogP contribution is -2.32. The van der Waals surface area contributed by atoms with Crippen LogP contribution in [0.5, 0.6) is 0 Å². The van der Waals surface area contributed by atoms with Gasteiger partial charge in [0.15, 0.2) is 0 Å². The van der Waals surface area contributed by atoms with Crippen LogP contribution in [0.2, 0.25) is 0 Å². The van der Waals surface area contributed by atoms with Crippen LogP contribution >= 0.6 is 15.9 Å². The third-order valence-electron chi connectivity index (χ3n) is 4.75. The van der Waals surface area contributed by atoms with Crippen LogP contribution in [-0.4, -0.2) is 16.7 Å². The number of imide groups is 1. The van der Waals surface area contributed by atoms with Crippen molar-refractivity contribution in [2.75, 3.05) is 0 Å². The lowest BCUT2D eigenvalue weighted by molar-refractivity contribution is -0.141. The van der Waals surface area contributed by atoms with E-state index in [1.807, 2.05) is 0 Å². The molecular formula is C16H17BrFNO2. The third kappa shape index (κ3) is 2.52. The minimum absolute atomic E-state index is 0.0422. The smallest absolute Gasteiger partial charge is 0.233 e. The Kier molecular flexibility index (Phi) is 3.86. The zero-order valence-electron chi connectivity index (χ0n) is 11.8. The minimum atomic E-state index is -0.395. The van der Waals surface area contributed by atoms with Crippen molar-refractivity contribution < 1.29 is 14.0 Å². The quantitative estimate of drug-likeness (QED) is 0.779. The third-order valence-corrected chi connectivity index (χ3v) is 5.24. The van der Waals surface area contributed by atoms with Crippen molar-refractivity contribution in [1.29, 1.82) is 0 Å². The summed E-state index contributed by atoms with van der Waals surface area (Å²) in [6, 6.07) is 4.69. The molecule has 2 atom stereocenters. The van der Waals surface area contributed by atoms with Crippen LogP contribution in [0.25, 0.3) is 0 Å². The topological polar surface area (TPSA) is 37.4 Å². The van der Waals surface area contributed by atoms with Gasteiger partial charge in [0.25, 0.3) is 0 Å². The molecule has 1 saturated carbocycles. The molecule has 21 heavy (non-hydrogen) atoms. The van der Waals surface area contributed by atoms with E-state index in [1.54, 1.807) is 12.1 Å². The fourth-order valence-electron chi connectivity index (χ4n) is 3.51. The first-order valence-electron chi connectivity index (χ1n) is 7.30. The summed E-state index contributed by atoms with van der Waals surface area (Å²) >= 11 is 3.20. The van der Waals surface area contributed by atoms with Crippen LogP contribution in [0, 0.1) is 23.6 Å². The second-order valence-corrected chi connectivity index (χ2v) is 6.87. The van der Waals surface area contributed by atoms with E-state index in [1.165, 1.54) is 11.0 Å². The molecule has 1 aliphatic heterocycles. The highest BCUT2D eigenvalue weighted by molar-refractivity contribution is 9.10. The molecule has 0 bridgehead atoms. The first kappa shape index (κ1) is 14.7. The van der Waals surface area contributed by atoms with Gasteiger partial charge in [-0.2, -0.15) is 0 Å². The van der Waals surface area contributed by atoms with Crippen LogP contribution in [0.1, 0.15) is 31.7 Å². The Morgan fingerprint density at radius 2 is 1.86 bits per heavy atom. The zero-order chi connectivity index (χ0) is 15.1. The van der Waals surface area contributed by atoms with Crippen molar-refractivity contribution in [3.8, 4) is 0 Å². The number of fused-ring (bicyclic) bond motifs is 1. The lowest BCUT2D eigenvalue weighted by Gasteiger charge is -2.18. The maximum absolute atomic E-state index is 13.9. The Morgan fingerprint density at radius 1 is 1.24 bits per heavy atom. The second kappa shape index (κ2) is 5.52. The molecule has 1 aromatic rings. The largest absolute Gasteiger partial charge is 0.278 e. The lowest BCUT2D eigenvalue weighted by atomic mass is 10.00. The summed E-state index contributed by atoms with van der Waals surface area (Å²) in [4.78, 5) is 26.1. The molecule has 2 amide bonds. The molecule has 0 spiro atoms. The first-order chi connectivity index (χ1) is 10.0. The maximum atomic E-state index is 13.9. The van der Waals surface area contributed by atoms with E-state index in [0.717, 1.165) is 19.3 Å². The van der Waals surface area contributed by atoms with E-state index in [-0.39, 0.29) is 30.2 Å². The van der Waals surface area contributed by atoms with Gasteiger partial charge < -0.3 is 0 Å². The van der Waals surface area contributed by atoms with Crippen molar-refractivity contribution in [3.05, 3.63) is 34.1 Å². The van der Waals surface area contributed by atoms with Crippen molar-refractivity contribution in [3.63, 3.8) is 0 Å². The van der Waals surface area contributed by atoms with Crippen LogP contribution in [0.15, 0.2) is 22.7 Å².